The molecular formula is C14H20N4. The molecule has 0 aliphatic heterocycles. The molecule has 0 radical (unpaired) electrons. The highest BCUT2D eigenvalue weighted by molar-refractivity contribution is 5.41. The van der Waals surface area contributed by atoms with Crippen LogP contribution in [0, 0.1) is 12.8 Å². The molecule has 3 rings (SSSR count). The quantitative estimate of drug-likeness (QED) is 0.883. The number of nitrogens with zero attached hydrogens (tertiary/aromatic N) is 3. The van der Waals surface area contributed by atoms with Gasteiger partial charge in [-0.05, 0) is 43.4 Å². The van der Waals surface area contributed by atoms with Crippen LogP contribution in [-0.4, -0.2) is 14.6 Å². The Morgan fingerprint density at radius 3 is 2.83 bits per heavy atom. The lowest BCUT2D eigenvalue weighted by atomic mass is 9.84. The van der Waals surface area contributed by atoms with E-state index < -0.39 is 0 Å². The van der Waals surface area contributed by atoms with Gasteiger partial charge < -0.3 is 5.73 Å². The molecule has 1 unspecified atom stereocenters. The van der Waals surface area contributed by atoms with Crippen LogP contribution in [0.3, 0.4) is 0 Å². The van der Waals surface area contributed by atoms with Crippen molar-refractivity contribution in [2.75, 3.05) is 0 Å². The Hall–Kier alpha value is -1.42. The van der Waals surface area contributed by atoms with E-state index in [-0.39, 0.29) is 6.04 Å². The third-order valence-electron chi connectivity index (χ3n) is 4.05. The van der Waals surface area contributed by atoms with Crippen molar-refractivity contribution in [1.29, 1.82) is 0 Å². The number of nitrogens with two attached hydrogens (primary N) is 1. The predicted octanol–water partition coefficient (Wildman–Crippen LogP) is 2.62. The Labute approximate surface area is 107 Å². The summed E-state index contributed by atoms with van der Waals surface area (Å²) in [5.74, 6) is 1.48. The minimum atomic E-state index is 0.0167. The highest BCUT2D eigenvalue weighted by Gasteiger charge is 2.25. The van der Waals surface area contributed by atoms with E-state index in [1.165, 1.54) is 37.7 Å². The summed E-state index contributed by atoms with van der Waals surface area (Å²) in [7, 11) is 0. The molecule has 1 aliphatic carbocycles. The smallest absolute Gasteiger partial charge is 0.161 e. The van der Waals surface area contributed by atoms with Gasteiger partial charge in [0.1, 0.15) is 0 Å². The molecule has 96 valence electrons. The standard InChI is InChI=1S/C14H20N4/c1-10-7-8-18-12(9-10)16-17-14(18)13(15)11-5-3-2-4-6-11/h7-9,11,13H,2-6,15H2,1H3. The fourth-order valence-corrected chi connectivity index (χ4v) is 2.94. The van der Waals surface area contributed by atoms with Crippen molar-refractivity contribution < 1.29 is 0 Å². The zero-order valence-corrected chi connectivity index (χ0v) is 10.8. The Balaban J connectivity index is 1.93. The molecule has 0 bridgehead atoms. The van der Waals surface area contributed by atoms with Gasteiger partial charge in [0.15, 0.2) is 11.5 Å². The Kier molecular flexibility index (Phi) is 3.04. The molecule has 0 amide bonds. The van der Waals surface area contributed by atoms with Crippen LogP contribution in [0.15, 0.2) is 18.3 Å². The van der Waals surface area contributed by atoms with E-state index in [4.69, 9.17) is 5.73 Å². The first-order valence-corrected chi connectivity index (χ1v) is 6.82. The van der Waals surface area contributed by atoms with Crippen molar-refractivity contribution in [3.05, 3.63) is 29.7 Å². The van der Waals surface area contributed by atoms with E-state index in [2.05, 4.69) is 23.2 Å². The van der Waals surface area contributed by atoms with Crippen LogP contribution >= 0.6 is 0 Å². The minimum Gasteiger partial charge on any atom is -0.321 e. The van der Waals surface area contributed by atoms with Crippen molar-refractivity contribution in [3.63, 3.8) is 0 Å². The summed E-state index contributed by atoms with van der Waals surface area (Å²) in [6.45, 7) is 2.06. The second kappa shape index (κ2) is 4.69. The van der Waals surface area contributed by atoms with Gasteiger partial charge in [-0.3, -0.25) is 4.40 Å². The van der Waals surface area contributed by atoms with E-state index in [9.17, 15) is 0 Å². The maximum Gasteiger partial charge on any atom is 0.161 e. The van der Waals surface area contributed by atoms with Gasteiger partial charge in [0.2, 0.25) is 0 Å². The van der Waals surface area contributed by atoms with Crippen molar-refractivity contribution in [3.8, 4) is 0 Å². The monoisotopic (exact) mass is 244 g/mol. The molecule has 4 nitrogen and oxygen atoms in total. The third kappa shape index (κ3) is 2.01. The first-order valence-electron chi connectivity index (χ1n) is 6.82. The predicted molar refractivity (Wildman–Crippen MR) is 71.2 cm³/mol. The first kappa shape index (κ1) is 11.7. The lowest BCUT2D eigenvalue weighted by Crippen LogP contribution is -2.25. The molecular weight excluding hydrogens is 224 g/mol. The first-order chi connectivity index (χ1) is 8.75. The van der Waals surface area contributed by atoms with Crippen LogP contribution in [0.2, 0.25) is 0 Å². The zero-order valence-electron chi connectivity index (χ0n) is 10.8. The zero-order chi connectivity index (χ0) is 12.5. The number of aromatic nitrogens is 3. The molecule has 2 aromatic rings. The van der Waals surface area contributed by atoms with Gasteiger partial charge in [0.25, 0.3) is 0 Å². The molecule has 1 aliphatic rings. The number of hydrogen-bond acceptors (Lipinski definition) is 3. The molecule has 1 fully saturated rings. The maximum atomic E-state index is 6.39. The summed E-state index contributed by atoms with van der Waals surface area (Å²) in [6, 6.07) is 4.14. The normalized spacial score (nSPS) is 19.2. The molecule has 1 atom stereocenters. The van der Waals surface area contributed by atoms with E-state index in [1.54, 1.807) is 0 Å². The number of rotatable bonds is 2. The number of aryl methyl sites for hydroxylation is 1. The Morgan fingerprint density at radius 1 is 1.28 bits per heavy atom. The number of fused-ring (bicyclic) bond motifs is 1. The molecule has 0 spiro atoms. The Morgan fingerprint density at radius 2 is 2.06 bits per heavy atom. The lowest BCUT2D eigenvalue weighted by molar-refractivity contribution is 0.300. The van der Waals surface area contributed by atoms with E-state index in [1.807, 2.05) is 16.7 Å². The van der Waals surface area contributed by atoms with Crippen LogP contribution in [0.1, 0.15) is 49.5 Å². The van der Waals surface area contributed by atoms with Gasteiger partial charge in [-0.2, -0.15) is 0 Å². The summed E-state index contributed by atoms with van der Waals surface area (Å²) in [6.07, 6.45) is 8.43. The van der Waals surface area contributed by atoms with Gasteiger partial charge in [-0.15, -0.1) is 10.2 Å². The van der Waals surface area contributed by atoms with Crippen molar-refractivity contribution >= 4 is 5.65 Å². The van der Waals surface area contributed by atoms with Crippen molar-refractivity contribution in [1.82, 2.24) is 14.6 Å². The molecule has 0 saturated heterocycles. The molecule has 2 heterocycles. The summed E-state index contributed by atoms with van der Waals surface area (Å²) >= 11 is 0. The number of pyridine rings is 1. The van der Waals surface area contributed by atoms with Gasteiger partial charge in [-0.25, -0.2) is 0 Å². The van der Waals surface area contributed by atoms with Crippen LogP contribution in [0.25, 0.3) is 5.65 Å². The molecule has 4 heteroatoms. The molecule has 2 N–H and O–H groups in total. The van der Waals surface area contributed by atoms with Gasteiger partial charge in [-0.1, -0.05) is 19.3 Å². The summed E-state index contributed by atoms with van der Waals surface area (Å²) < 4.78 is 2.03. The van der Waals surface area contributed by atoms with Crippen molar-refractivity contribution in [2.45, 2.75) is 45.1 Å². The topological polar surface area (TPSA) is 56.2 Å². The van der Waals surface area contributed by atoms with Crippen LogP contribution in [-0.2, 0) is 0 Å². The average molecular weight is 244 g/mol. The number of hydrogen-bond donors (Lipinski definition) is 1. The third-order valence-corrected chi connectivity index (χ3v) is 4.05. The second-order valence-corrected chi connectivity index (χ2v) is 5.41. The molecule has 18 heavy (non-hydrogen) atoms. The fourth-order valence-electron chi connectivity index (χ4n) is 2.94. The largest absolute Gasteiger partial charge is 0.321 e. The van der Waals surface area contributed by atoms with Crippen molar-refractivity contribution in [2.24, 2.45) is 11.7 Å². The minimum absolute atomic E-state index is 0.0167. The summed E-state index contributed by atoms with van der Waals surface area (Å²) in [5, 5.41) is 8.53. The van der Waals surface area contributed by atoms with Gasteiger partial charge in [0.05, 0.1) is 6.04 Å². The molecule has 0 aromatic carbocycles. The highest BCUT2D eigenvalue weighted by Crippen LogP contribution is 2.32. The van der Waals surface area contributed by atoms with Gasteiger partial charge in [0, 0.05) is 6.20 Å². The maximum absolute atomic E-state index is 6.39. The Bertz CT molecular complexity index is 540. The lowest BCUT2D eigenvalue weighted by Gasteiger charge is -2.26. The second-order valence-electron chi connectivity index (χ2n) is 5.41. The SMILES string of the molecule is Cc1ccn2c(C(N)C3CCCCC3)nnc2c1. The summed E-state index contributed by atoms with van der Waals surface area (Å²) in [4.78, 5) is 0. The van der Waals surface area contributed by atoms with E-state index >= 15 is 0 Å². The van der Waals surface area contributed by atoms with Gasteiger partial charge >= 0.3 is 0 Å². The molecule has 1 saturated carbocycles. The van der Waals surface area contributed by atoms with Crippen LogP contribution in [0.5, 0.6) is 0 Å². The average Bonchev–Trinajstić information content (AvgIpc) is 2.81. The molecule has 2 aromatic heterocycles. The van der Waals surface area contributed by atoms with E-state index in [0.29, 0.717) is 5.92 Å². The van der Waals surface area contributed by atoms with E-state index in [0.717, 1.165) is 11.5 Å². The fraction of sp³-hybridized carbons (Fsp3) is 0.571. The highest BCUT2D eigenvalue weighted by atomic mass is 15.3. The van der Waals surface area contributed by atoms with Crippen LogP contribution < -0.4 is 5.73 Å². The summed E-state index contributed by atoms with van der Waals surface area (Å²) in [5.41, 5.74) is 8.50. The van der Waals surface area contributed by atoms with Crippen LogP contribution in [0.4, 0.5) is 0 Å².